The SMILES string of the molecule is Cc1cc(CSc2nnc(-c3cccs3)n2Cc2ccccc2)on1. The molecule has 0 aliphatic heterocycles. The fraction of sp³-hybridized carbons (Fsp3) is 0.167. The van der Waals surface area contributed by atoms with Crippen molar-refractivity contribution in [3.8, 4) is 10.7 Å². The first-order valence-electron chi connectivity index (χ1n) is 7.85. The quantitative estimate of drug-likeness (QED) is 0.464. The summed E-state index contributed by atoms with van der Waals surface area (Å²) in [4.78, 5) is 1.12. The van der Waals surface area contributed by atoms with E-state index < -0.39 is 0 Å². The van der Waals surface area contributed by atoms with Gasteiger partial charge in [0.15, 0.2) is 11.0 Å². The van der Waals surface area contributed by atoms with Gasteiger partial charge < -0.3 is 4.52 Å². The van der Waals surface area contributed by atoms with Gasteiger partial charge in [0, 0.05) is 6.07 Å². The highest BCUT2D eigenvalue weighted by Gasteiger charge is 2.16. The van der Waals surface area contributed by atoms with Crippen LogP contribution >= 0.6 is 23.1 Å². The topological polar surface area (TPSA) is 56.7 Å². The van der Waals surface area contributed by atoms with Crippen LogP contribution in [-0.4, -0.2) is 19.9 Å². The van der Waals surface area contributed by atoms with E-state index in [9.17, 15) is 0 Å². The molecule has 1 aromatic carbocycles. The Hall–Kier alpha value is -2.38. The predicted octanol–water partition coefficient (Wildman–Crippen LogP) is 4.64. The number of aromatic nitrogens is 4. The highest BCUT2D eigenvalue weighted by atomic mass is 32.2. The molecule has 126 valence electrons. The molecule has 0 fully saturated rings. The summed E-state index contributed by atoms with van der Waals surface area (Å²) in [5.41, 5.74) is 2.11. The Morgan fingerprint density at radius 3 is 2.72 bits per heavy atom. The number of thioether (sulfide) groups is 1. The second-order valence-corrected chi connectivity index (χ2v) is 7.47. The standard InChI is InChI=1S/C18H16N4OS2/c1-13-10-15(23-21-13)12-25-18-20-19-17(16-8-5-9-24-16)22(18)11-14-6-3-2-4-7-14/h2-10H,11-12H2,1H3. The molecule has 25 heavy (non-hydrogen) atoms. The molecule has 3 heterocycles. The van der Waals surface area contributed by atoms with Crippen LogP contribution in [0.25, 0.3) is 10.7 Å². The summed E-state index contributed by atoms with van der Waals surface area (Å²) in [6.45, 7) is 2.66. The van der Waals surface area contributed by atoms with E-state index in [0.29, 0.717) is 5.75 Å². The second-order valence-electron chi connectivity index (χ2n) is 5.58. The monoisotopic (exact) mass is 368 g/mol. The lowest BCUT2D eigenvalue weighted by molar-refractivity contribution is 0.391. The maximum absolute atomic E-state index is 5.30. The molecular weight excluding hydrogens is 352 g/mol. The molecule has 4 rings (SSSR count). The molecule has 0 aliphatic carbocycles. The van der Waals surface area contributed by atoms with E-state index in [0.717, 1.165) is 33.9 Å². The van der Waals surface area contributed by atoms with Gasteiger partial charge in [-0.25, -0.2) is 0 Å². The second kappa shape index (κ2) is 7.25. The number of rotatable bonds is 6. The maximum atomic E-state index is 5.30. The van der Waals surface area contributed by atoms with E-state index in [1.807, 2.05) is 25.1 Å². The van der Waals surface area contributed by atoms with Gasteiger partial charge in [-0.3, -0.25) is 4.57 Å². The summed E-state index contributed by atoms with van der Waals surface area (Å²) < 4.78 is 7.46. The minimum Gasteiger partial charge on any atom is -0.360 e. The van der Waals surface area contributed by atoms with Crippen molar-refractivity contribution in [1.82, 2.24) is 19.9 Å². The van der Waals surface area contributed by atoms with Crippen molar-refractivity contribution < 1.29 is 4.52 Å². The van der Waals surface area contributed by atoms with Gasteiger partial charge in [0.2, 0.25) is 0 Å². The van der Waals surface area contributed by atoms with Crippen LogP contribution in [0.4, 0.5) is 0 Å². The van der Waals surface area contributed by atoms with Gasteiger partial charge in [-0.2, -0.15) is 0 Å². The Kier molecular flexibility index (Phi) is 4.67. The van der Waals surface area contributed by atoms with Gasteiger partial charge in [0.05, 0.1) is 22.9 Å². The number of nitrogens with zero attached hydrogens (tertiary/aromatic N) is 4. The first kappa shape index (κ1) is 16.1. The largest absolute Gasteiger partial charge is 0.360 e. The minimum atomic E-state index is 0.679. The van der Waals surface area contributed by atoms with Gasteiger partial charge in [0.25, 0.3) is 0 Å². The fourth-order valence-electron chi connectivity index (χ4n) is 2.51. The molecule has 5 nitrogen and oxygen atoms in total. The van der Waals surface area contributed by atoms with Crippen molar-refractivity contribution in [1.29, 1.82) is 0 Å². The molecule has 0 unspecified atom stereocenters. The molecule has 3 aromatic heterocycles. The number of hydrogen-bond donors (Lipinski definition) is 0. The molecule has 0 bridgehead atoms. The maximum Gasteiger partial charge on any atom is 0.192 e. The van der Waals surface area contributed by atoms with E-state index >= 15 is 0 Å². The summed E-state index contributed by atoms with van der Waals surface area (Å²) in [7, 11) is 0. The summed E-state index contributed by atoms with van der Waals surface area (Å²) in [5.74, 6) is 2.42. The highest BCUT2D eigenvalue weighted by molar-refractivity contribution is 7.98. The Morgan fingerprint density at radius 2 is 2.00 bits per heavy atom. The van der Waals surface area contributed by atoms with E-state index in [1.165, 1.54) is 5.56 Å². The highest BCUT2D eigenvalue weighted by Crippen LogP contribution is 2.29. The molecule has 0 aliphatic rings. The summed E-state index contributed by atoms with van der Waals surface area (Å²) >= 11 is 3.28. The third kappa shape index (κ3) is 3.67. The number of aryl methyl sites for hydroxylation is 1. The summed E-state index contributed by atoms with van der Waals surface area (Å²) in [6, 6.07) is 16.4. The molecule has 0 saturated heterocycles. The van der Waals surface area contributed by atoms with Crippen molar-refractivity contribution in [3.63, 3.8) is 0 Å². The smallest absolute Gasteiger partial charge is 0.192 e. The normalized spacial score (nSPS) is 11.1. The Balaban J connectivity index is 1.63. The Morgan fingerprint density at radius 1 is 1.12 bits per heavy atom. The average Bonchev–Trinajstić information content (AvgIpc) is 3.35. The molecular formula is C18H16N4OS2. The molecule has 0 atom stereocenters. The van der Waals surface area contributed by atoms with Gasteiger partial charge in [-0.1, -0.05) is 53.3 Å². The van der Waals surface area contributed by atoms with E-state index in [1.54, 1.807) is 23.1 Å². The van der Waals surface area contributed by atoms with Crippen molar-refractivity contribution in [2.45, 2.75) is 24.4 Å². The zero-order valence-electron chi connectivity index (χ0n) is 13.6. The van der Waals surface area contributed by atoms with Crippen LogP contribution in [0.2, 0.25) is 0 Å². The zero-order chi connectivity index (χ0) is 17.1. The fourth-order valence-corrected chi connectivity index (χ4v) is 4.04. The summed E-state index contributed by atoms with van der Waals surface area (Å²) in [6.07, 6.45) is 0. The predicted molar refractivity (Wildman–Crippen MR) is 99.7 cm³/mol. The van der Waals surface area contributed by atoms with Crippen LogP contribution in [-0.2, 0) is 12.3 Å². The molecule has 4 aromatic rings. The molecule has 0 saturated carbocycles. The lowest BCUT2D eigenvalue weighted by Crippen LogP contribution is -2.03. The molecule has 0 spiro atoms. The Bertz CT molecular complexity index is 945. The third-order valence-electron chi connectivity index (χ3n) is 3.66. The first-order chi connectivity index (χ1) is 12.3. The van der Waals surface area contributed by atoms with E-state index in [-0.39, 0.29) is 0 Å². The van der Waals surface area contributed by atoms with Gasteiger partial charge in [-0.15, -0.1) is 21.5 Å². The third-order valence-corrected chi connectivity index (χ3v) is 5.52. The lowest BCUT2D eigenvalue weighted by Gasteiger charge is -2.09. The number of thiophene rings is 1. The summed E-state index contributed by atoms with van der Waals surface area (Å²) in [5, 5.41) is 15.7. The average molecular weight is 368 g/mol. The van der Waals surface area contributed by atoms with Crippen LogP contribution < -0.4 is 0 Å². The van der Waals surface area contributed by atoms with E-state index in [4.69, 9.17) is 4.52 Å². The van der Waals surface area contributed by atoms with Crippen LogP contribution in [0.5, 0.6) is 0 Å². The number of hydrogen-bond acceptors (Lipinski definition) is 6. The minimum absolute atomic E-state index is 0.679. The van der Waals surface area contributed by atoms with Gasteiger partial charge in [-0.05, 0) is 23.9 Å². The van der Waals surface area contributed by atoms with Crippen molar-refractivity contribution >= 4 is 23.1 Å². The zero-order valence-corrected chi connectivity index (χ0v) is 15.3. The van der Waals surface area contributed by atoms with Gasteiger partial charge in [0.1, 0.15) is 5.76 Å². The van der Waals surface area contributed by atoms with Crippen molar-refractivity contribution in [2.24, 2.45) is 0 Å². The molecule has 0 N–H and O–H groups in total. The number of benzene rings is 1. The van der Waals surface area contributed by atoms with Crippen LogP contribution in [0.3, 0.4) is 0 Å². The van der Waals surface area contributed by atoms with Crippen molar-refractivity contribution in [3.05, 3.63) is 70.9 Å². The van der Waals surface area contributed by atoms with Crippen LogP contribution in [0, 0.1) is 6.92 Å². The molecule has 0 radical (unpaired) electrons. The van der Waals surface area contributed by atoms with Crippen LogP contribution in [0.15, 0.2) is 63.6 Å². The van der Waals surface area contributed by atoms with E-state index in [2.05, 4.69) is 55.6 Å². The lowest BCUT2D eigenvalue weighted by atomic mass is 10.2. The van der Waals surface area contributed by atoms with Crippen molar-refractivity contribution in [2.75, 3.05) is 0 Å². The molecule has 0 amide bonds. The first-order valence-corrected chi connectivity index (χ1v) is 9.72. The Labute approximate surface area is 153 Å². The van der Waals surface area contributed by atoms with Crippen LogP contribution in [0.1, 0.15) is 17.0 Å². The molecule has 7 heteroatoms. The van der Waals surface area contributed by atoms with Gasteiger partial charge >= 0.3 is 0 Å².